The lowest BCUT2D eigenvalue weighted by atomic mass is 10.1. The molecule has 0 saturated carbocycles. The van der Waals surface area contributed by atoms with E-state index in [4.69, 9.17) is 21.4 Å². The fraction of sp³-hybridized carbons (Fsp3) is 0.533. The Bertz CT molecular complexity index is 445. The first kappa shape index (κ1) is 16.1. The van der Waals surface area contributed by atoms with Crippen LogP contribution < -0.4 is 5.32 Å². The van der Waals surface area contributed by atoms with Crippen LogP contribution >= 0.6 is 11.6 Å². The van der Waals surface area contributed by atoms with Crippen LogP contribution in [-0.2, 0) is 9.53 Å². The minimum atomic E-state index is -0.899. The van der Waals surface area contributed by atoms with Gasteiger partial charge in [0.05, 0.1) is 6.10 Å². The van der Waals surface area contributed by atoms with Crippen molar-refractivity contribution in [3.63, 3.8) is 0 Å². The molecule has 0 aliphatic carbocycles. The number of aliphatic carboxylic acids is 1. The highest BCUT2D eigenvalue weighted by atomic mass is 35.5. The monoisotopic (exact) mass is 312 g/mol. The molecule has 0 unspecified atom stereocenters. The summed E-state index contributed by atoms with van der Waals surface area (Å²) in [7, 11) is 0. The van der Waals surface area contributed by atoms with E-state index in [0.717, 1.165) is 49.7 Å². The first-order valence-corrected chi connectivity index (χ1v) is 7.56. The van der Waals surface area contributed by atoms with Gasteiger partial charge in [0, 0.05) is 36.9 Å². The van der Waals surface area contributed by atoms with Crippen LogP contribution in [0.4, 0.5) is 5.69 Å². The summed E-state index contributed by atoms with van der Waals surface area (Å²) in [6.07, 6.45) is 1.88. The maximum atomic E-state index is 10.5. The molecule has 1 aromatic rings. The summed E-state index contributed by atoms with van der Waals surface area (Å²) >= 11 is 5.84. The van der Waals surface area contributed by atoms with Gasteiger partial charge in [0.15, 0.2) is 0 Å². The number of halogens is 1. The minimum absolute atomic E-state index is 0.0848. The van der Waals surface area contributed by atoms with E-state index in [1.807, 2.05) is 24.3 Å². The molecule has 5 nitrogen and oxygen atoms in total. The summed E-state index contributed by atoms with van der Waals surface area (Å²) in [5.41, 5.74) is 1.07. The highest BCUT2D eigenvalue weighted by Gasteiger charge is 2.19. The maximum Gasteiger partial charge on any atom is 0.329 e. The summed E-state index contributed by atoms with van der Waals surface area (Å²) in [5, 5.41) is 12.7. The molecular formula is C15H21ClN2O3. The first-order valence-electron chi connectivity index (χ1n) is 7.18. The Morgan fingerprint density at radius 3 is 2.62 bits per heavy atom. The van der Waals surface area contributed by atoms with Gasteiger partial charge < -0.3 is 20.1 Å². The van der Waals surface area contributed by atoms with Crippen molar-refractivity contribution in [2.75, 3.05) is 38.1 Å². The smallest absolute Gasteiger partial charge is 0.329 e. The summed E-state index contributed by atoms with van der Waals surface area (Å²) in [6, 6.07) is 7.67. The maximum absolute atomic E-state index is 10.5. The van der Waals surface area contributed by atoms with E-state index in [9.17, 15) is 4.79 Å². The minimum Gasteiger partial charge on any atom is -0.480 e. The number of carbonyl (C=O) groups is 1. The molecule has 0 spiro atoms. The van der Waals surface area contributed by atoms with Crippen molar-refractivity contribution in [3.8, 4) is 0 Å². The number of ether oxygens (including phenoxy) is 1. The summed E-state index contributed by atoms with van der Waals surface area (Å²) in [6.45, 7) is 3.55. The van der Waals surface area contributed by atoms with Crippen molar-refractivity contribution in [2.45, 2.75) is 18.9 Å². The fourth-order valence-corrected chi connectivity index (χ4v) is 2.54. The van der Waals surface area contributed by atoms with Gasteiger partial charge in [-0.15, -0.1) is 0 Å². The van der Waals surface area contributed by atoms with Crippen molar-refractivity contribution in [2.24, 2.45) is 0 Å². The van der Waals surface area contributed by atoms with Gasteiger partial charge in [-0.3, -0.25) is 0 Å². The zero-order valence-corrected chi connectivity index (χ0v) is 12.7. The zero-order valence-electron chi connectivity index (χ0n) is 11.9. The predicted octanol–water partition coefficient (Wildman–Crippen LogP) is 2.32. The third-order valence-electron chi connectivity index (χ3n) is 3.58. The van der Waals surface area contributed by atoms with Gasteiger partial charge >= 0.3 is 5.97 Å². The predicted molar refractivity (Wildman–Crippen MR) is 83.0 cm³/mol. The molecule has 2 rings (SSSR count). The average molecular weight is 313 g/mol. The molecular weight excluding hydrogens is 292 g/mol. The van der Waals surface area contributed by atoms with Crippen LogP contribution in [0.25, 0.3) is 0 Å². The molecule has 116 valence electrons. The fourth-order valence-electron chi connectivity index (χ4n) is 2.41. The Hall–Kier alpha value is -1.30. The lowest BCUT2D eigenvalue weighted by Gasteiger charge is -2.31. The molecule has 1 saturated heterocycles. The molecule has 1 aliphatic heterocycles. The summed E-state index contributed by atoms with van der Waals surface area (Å²) < 4.78 is 5.32. The van der Waals surface area contributed by atoms with Gasteiger partial charge in [0.25, 0.3) is 0 Å². The number of nitrogens with zero attached hydrogens (tertiary/aromatic N) is 1. The first-order chi connectivity index (χ1) is 10.1. The number of piperidine rings is 1. The zero-order chi connectivity index (χ0) is 15.1. The normalized spacial score (nSPS) is 16.8. The number of carboxylic acids is 1. The number of likely N-dealkylation sites (tertiary alicyclic amines) is 1. The Labute approximate surface area is 129 Å². The van der Waals surface area contributed by atoms with Gasteiger partial charge in [0.1, 0.15) is 6.61 Å². The molecule has 0 aromatic heterocycles. The lowest BCUT2D eigenvalue weighted by Crippen LogP contribution is -2.39. The van der Waals surface area contributed by atoms with E-state index < -0.39 is 5.97 Å². The van der Waals surface area contributed by atoms with Crippen molar-refractivity contribution in [1.29, 1.82) is 0 Å². The number of rotatable bonds is 7. The summed E-state index contributed by atoms with van der Waals surface area (Å²) in [5.74, 6) is -0.899. The van der Waals surface area contributed by atoms with Crippen molar-refractivity contribution in [1.82, 2.24) is 4.90 Å². The Morgan fingerprint density at radius 1 is 1.33 bits per heavy atom. The molecule has 6 heteroatoms. The number of carboxylic acid groups (broad SMARTS) is 1. The van der Waals surface area contributed by atoms with E-state index in [2.05, 4.69) is 10.2 Å². The molecule has 0 bridgehead atoms. The quantitative estimate of drug-likeness (QED) is 0.809. The van der Waals surface area contributed by atoms with Gasteiger partial charge in [-0.1, -0.05) is 11.6 Å². The molecule has 21 heavy (non-hydrogen) atoms. The second-order valence-corrected chi connectivity index (χ2v) is 5.62. The van der Waals surface area contributed by atoms with Crippen molar-refractivity contribution >= 4 is 23.3 Å². The Kier molecular flexibility index (Phi) is 6.29. The molecule has 0 amide bonds. The van der Waals surface area contributed by atoms with E-state index in [0.29, 0.717) is 0 Å². The van der Waals surface area contributed by atoms with Gasteiger partial charge in [-0.2, -0.15) is 0 Å². The number of nitrogens with one attached hydrogen (secondary N) is 1. The Morgan fingerprint density at radius 2 is 2.00 bits per heavy atom. The van der Waals surface area contributed by atoms with Crippen LogP contribution in [0.1, 0.15) is 12.8 Å². The van der Waals surface area contributed by atoms with E-state index in [1.54, 1.807) is 0 Å². The topological polar surface area (TPSA) is 61.8 Å². The van der Waals surface area contributed by atoms with E-state index in [1.165, 1.54) is 0 Å². The molecule has 1 fully saturated rings. The van der Waals surface area contributed by atoms with Crippen LogP contribution in [0.15, 0.2) is 24.3 Å². The highest BCUT2D eigenvalue weighted by Crippen LogP contribution is 2.15. The van der Waals surface area contributed by atoms with Crippen molar-refractivity contribution < 1.29 is 14.6 Å². The van der Waals surface area contributed by atoms with Crippen molar-refractivity contribution in [3.05, 3.63) is 29.3 Å². The van der Waals surface area contributed by atoms with Crippen LogP contribution in [-0.4, -0.2) is 54.9 Å². The van der Waals surface area contributed by atoms with E-state index >= 15 is 0 Å². The number of benzene rings is 1. The lowest BCUT2D eigenvalue weighted by molar-refractivity contribution is -0.145. The third-order valence-corrected chi connectivity index (χ3v) is 3.83. The second-order valence-electron chi connectivity index (χ2n) is 5.18. The third kappa shape index (κ3) is 5.91. The Balaban J connectivity index is 1.60. The number of anilines is 1. The SMILES string of the molecule is O=C(O)COC1CCN(CCNc2ccc(Cl)cc2)CC1. The molecule has 2 N–H and O–H groups in total. The van der Waals surface area contributed by atoms with Gasteiger partial charge in [-0.05, 0) is 37.1 Å². The molecule has 1 aromatic carbocycles. The average Bonchev–Trinajstić information content (AvgIpc) is 2.48. The molecule has 0 radical (unpaired) electrons. The second kappa shape index (κ2) is 8.22. The summed E-state index contributed by atoms with van der Waals surface area (Å²) in [4.78, 5) is 12.8. The molecule has 0 atom stereocenters. The number of hydrogen-bond acceptors (Lipinski definition) is 4. The largest absolute Gasteiger partial charge is 0.480 e. The highest BCUT2D eigenvalue weighted by molar-refractivity contribution is 6.30. The van der Waals surface area contributed by atoms with Crippen LogP contribution in [0, 0.1) is 0 Å². The molecule has 1 heterocycles. The van der Waals surface area contributed by atoms with E-state index in [-0.39, 0.29) is 12.7 Å². The van der Waals surface area contributed by atoms with Gasteiger partial charge in [-0.25, -0.2) is 4.79 Å². The standard InChI is InChI=1S/C15H21ClN2O3/c16-12-1-3-13(4-2-12)17-7-10-18-8-5-14(6-9-18)21-11-15(19)20/h1-4,14,17H,5-11H2,(H,19,20). The number of hydrogen-bond donors (Lipinski definition) is 2. The van der Waals surface area contributed by atoms with Crippen LogP contribution in [0.2, 0.25) is 5.02 Å². The van der Waals surface area contributed by atoms with Gasteiger partial charge in [0.2, 0.25) is 0 Å². The van der Waals surface area contributed by atoms with Crippen LogP contribution in [0.3, 0.4) is 0 Å². The molecule has 1 aliphatic rings. The van der Waals surface area contributed by atoms with Crippen LogP contribution in [0.5, 0.6) is 0 Å².